The van der Waals surface area contributed by atoms with E-state index in [1.165, 1.54) is 4.90 Å². The number of carboxylic acid groups (broad SMARTS) is 1. The van der Waals surface area contributed by atoms with Crippen molar-refractivity contribution in [3.8, 4) is 0 Å². The average molecular weight is 255 g/mol. The van der Waals surface area contributed by atoms with Crippen molar-refractivity contribution in [2.75, 3.05) is 19.6 Å². The number of likely N-dealkylation sites (tertiary alicyclic amines) is 2. The largest absolute Gasteiger partial charge is 0.480 e. The summed E-state index contributed by atoms with van der Waals surface area (Å²) in [5.74, 6) is -0.892. The normalized spacial score (nSPS) is 26.2. The molecule has 0 aromatic rings. The van der Waals surface area contributed by atoms with Crippen LogP contribution in [-0.4, -0.2) is 58.6 Å². The molecule has 1 unspecified atom stereocenters. The minimum absolute atomic E-state index is 0.131. The number of nitrogens with two attached hydrogens (primary N) is 1. The summed E-state index contributed by atoms with van der Waals surface area (Å²) < 4.78 is 0. The Kier molecular flexibility index (Phi) is 4.06. The number of aliphatic carboxylic acids is 1. The van der Waals surface area contributed by atoms with Crippen LogP contribution < -0.4 is 5.73 Å². The fraction of sp³-hybridized carbons (Fsp3) is 0.833. The quantitative estimate of drug-likeness (QED) is 0.713. The van der Waals surface area contributed by atoms with Crippen LogP contribution in [0.25, 0.3) is 0 Å². The van der Waals surface area contributed by atoms with Gasteiger partial charge in [-0.2, -0.15) is 0 Å². The van der Waals surface area contributed by atoms with Gasteiger partial charge in [-0.05, 0) is 32.1 Å². The number of carbonyl (C=O) groups is 2. The van der Waals surface area contributed by atoms with E-state index in [9.17, 15) is 9.59 Å². The predicted octanol–water partition coefficient (Wildman–Crippen LogP) is 0.469. The summed E-state index contributed by atoms with van der Waals surface area (Å²) in [6, 6.07) is -0.610. The maximum Gasteiger partial charge on any atom is 0.326 e. The molecule has 6 nitrogen and oxygen atoms in total. The fourth-order valence-corrected chi connectivity index (χ4v) is 2.69. The highest BCUT2D eigenvalue weighted by Crippen LogP contribution is 2.20. The minimum Gasteiger partial charge on any atom is -0.480 e. The Morgan fingerprint density at radius 3 is 2.33 bits per heavy atom. The van der Waals surface area contributed by atoms with Crippen LogP contribution in [0.1, 0.15) is 32.1 Å². The zero-order valence-electron chi connectivity index (χ0n) is 10.5. The standard InChI is InChI=1S/C12H21N3O3/c13-9-4-7-14(8-5-9)12(18)15-6-2-1-3-10(15)11(16)17/h9-10H,1-8,13H2,(H,16,17). The first kappa shape index (κ1) is 13.1. The van der Waals surface area contributed by atoms with Gasteiger partial charge in [0, 0.05) is 25.7 Å². The highest BCUT2D eigenvalue weighted by molar-refractivity contribution is 5.83. The molecule has 2 amide bonds. The maximum absolute atomic E-state index is 12.3. The SMILES string of the molecule is NC1CCN(C(=O)N2CCCCC2C(=O)O)CC1. The molecule has 3 N–H and O–H groups in total. The summed E-state index contributed by atoms with van der Waals surface area (Å²) in [5, 5.41) is 9.17. The maximum atomic E-state index is 12.3. The van der Waals surface area contributed by atoms with Gasteiger partial charge in [-0.25, -0.2) is 9.59 Å². The number of nitrogens with zero attached hydrogens (tertiary/aromatic N) is 2. The molecule has 0 aromatic carbocycles. The van der Waals surface area contributed by atoms with Gasteiger partial charge in [0.05, 0.1) is 0 Å². The number of hydrogen-bond donors (Lipinski definition) is 2. The van der Waals surface area contributed by atoms with Gasteiger partial charge in [0.1, 0.15) is 6.04 Å². The van der Waals surface area contributed by atoms with E-state index in [4.69, 9.17) is 10.8 Å². The lowest BCUT2D eigenvalue weighted by Gasteiger charge is -2.39. The van der Waals surface area contributed by atoms with Crippen LogP contribution in [0.3, 0.4) is 0 Å². The van der Waals surface area contributed by atoms with Gasteiger partial charge in [0.2, 0.25) is 0 Å². The monoisotopic (exact) mass is 255 g/mol. The molecule has 18 heavy (non-hydrogen) atoms. The molecule has 2 rings (SSSR count). The number of amides is 2. The summed E-state index contributed by atoms with van der Waals surface area (Å²) in [4.78, 5) is 26.8. The summed E-state index contributed by atoms with van der Waals surface area (Å²) in [5.41, 5.74) is 5.81. The smallest absolute Gasteiger partial charge is 0.326 e. The van der Waals surface area contributed by atoms with Crippen LogP contribution >= 0.6 is 0 Å². The van der Waals surface area contributed by atoms with Crippen LogP contribution in [0.4, 0.5) is 4.79 Å². The second-order valence-corrected chi connectivity index (χ2v) is 5.15. The van der Waals surface area contributed by atoms with Crippen molar-refractivity contribution in [2.45, 2.75) is 44.2 Å². The number of rotatable bonds is 1. The highest BCUT2D eigenvalue weighted by Gasteiger charge is 2.35. The van der Waals surface area contributed by atoms with E-state index in [0.717, 1.165) is 25.7 Å². The number of urea groups is 1. The average Bonchev–Trinajstić information content (AvgIpc) is 2.39. The molecular formula is C12H21N3O3. The van der Waals surface area contributed by atoms with Crippen molar-refractivity contribution in [1.82, 2.24) is 9.80 Å². The Morgan fingerprint density at radius 1 is 1.06 bits per heavy atom. The van der Waals surface area contributed by atoms with E-state index in [0.29, 0.717) is 26.1 Å². The van der Waals surface area contributed by atoms with Gasteiger partial charge in [-0.1, -0.05) is 0 Å². The highest BCUT2D eigenvalue weighted by atomic mass is 16.4. The Bertz CT molecular complexity index is 327. The van der Waals surface area contributed by atoms with E-state index in [-0.39, 0.29) is 12.1 Å². The second kappa shape index (κ2) is 5.56. The molecule has 2 aliphatic rings. The number of carboxylic acids is 1. The van der Waals surface area contributed by atoms with Gasteiger partial charge in [0.25, 0.3) is 0 Å². The van der Waals surface area contributed by atoms with Crippen molar-refractivity contribution >= 4 is 12.0 Å². The zero-order chi connectivity index (χ0) is 13.1. The number of carbonyl (C=O) groups excluding carboxylic acids is 1. The van der Waals surface area contributed by atoms with E-state index in [1.54, 1.807) is 4.90 Å². The molecule has 2 fully saturated rings. The molecule has 0 spiro atoms. The lowest BCUT2D eigenvalue weighted by atomic mass is 10.0. The first-order chi connectivity index (χ1) is 8.59. The number of hydrogen-bond acceptors (Lipinski definition) is 3. The van der Waals surface area contributed by atoms with Crippen LogP contribution in [0, 0.1) is 0 Å². The molecule has 0 radical (unpaired) electrons. The van der Waals surface area contributed by atoms with Crippen LogP contribution in [-0.2, 0) is 4.79 Å². The third-order valence-electron chi connectivity index (χ3n) is 3.84. The van der Waals surface area contributed by atoms with E-state index >= 15 is 0 Å². The van der Waals surface area contributed by atoms with Crippen LogP contribution in [0.15, 0.2) is 0 Å². The second-order valence-electron chi connectivity index (χ2n) is 5.15. The Morgan fingerprint density at radius 2 is 1.72 bits per heavy atom. The molecule has 0 aromatic heterocycles. The first-order valence-corrected chi connectivity index (χ1v) is 6.63. The predicted molar refractivity (Wildman–Crippen MR) is 66.2 cm³/mol. The van der Waals surface area contributed by atoms with Crippen molar-refractivity contribution in [3.63, 3.8) is 0 Å². The van der Waals surface area contributed by atoms with Gasteiger partial charge in [-0.15, -0.1) is 0 Å². The Balaban J connectivity index is 2.00. The topological polar surface area (TPSA) is 86.9 Å². The molecule has 1 atom stereocenters. The first-order valence-electron chi connectivity index (χ1n) is 6.63. The van der Waals surface area contributed by atoms with E-state index in [1.807, 2.05) is 0 Å². The van der Waals surface area contributed by atoms with Crippen LogP contribution in [0.5, 0.6) is 0 Å². The zero-order valence-corrected chi connectivity index (χ0v) is 10.5. The van der Waals surface area contributed by atoms with Gasteiger partial charge < -0.3 is 20.6 Å². The molecular weight excluding hydrogens is 234 g/mol. The summed E-state index contributed by atoms with van der Waals surface area (Å²) >= 11 is 0. The minimum atomic E-state index is -0.892. The van der Waals surface area contributed by atoms with E-state index in [2.05, 4.69) is 0 Å². The van der Waals surface area contributed by atoms with Crippen molar-refractivity contribution < 1.29 is 14.7 Å². The molecule has 6 heteroatoms. The van der Waals surface area contributed by atoms with E-state index < -0.39 is 12.0 Å². The fourth-order valence-electron chi connectivity index (χ4n) is 2.69. The number of piperidine rings is 2. The summed E-state index contributed by atoms with van der Waals surface area (Å²) in [7, 11) is 0. The Labute approximate surface area is 107 Å². The molecule has 0 bridgehead atoms. The molecule has 2 aliphatic heterocycles. The summed E-state index contributed by atoms with van der Waals surface area (Å²) in [6.45, 7) is 1.84. The van der Waals surface area contributed by atoms with Crippen molar-refractivity contribution in [1.29, 1.82) is 0 Å². The lowest BCUT2D eigenvalue weighted by molar-refractivity contribution is -0.143. The van der Waals surface area contributed by atoms with Crippen molar-refractivity contribution in [2.24, 2.45) is 5.73 Å². The molecule has 0 aliphatic carbocycles. The van der Waals surface area contributed by atoms with Crippen LogP contribution in [0.2, 0.25) is 0 Å². The molecule has 2 heterocycles. The Hall–Kier alpha value is -1.30. The van der Waals surface area contributed by atoms with Gasteiger partial charge in [-0.3, -0.25) is 0 Å². The van der Waals surface area contributed by atoms with Gasteiger partial charge in [0.15, 0.2) is 0 Å². The third kappa shape index (κ3) is 2.75. The molecule has 2 saturated heterocycles. The lowest BCUT2D eigenvalue weighted by Crippen LogP contribution is -2.55. The van der Waals surface area contributed by atoms with Crippen molar-refractivity contribution in [3.05, 3.63) is 0 Å². The third-order valence-corrected chi connectivity index (χ3v) is 3.84. The molecule has 102 valence electrons. The van der Waals surface area contributed by atoms with Gasteiger partial charge >= 0.3 is 12.0 Å². The summed E-state index contributed by atoms with van der Waals surface area (Å²) in [6.07, 6.45) is 3.94. The molecule has 0 saturated carbocycles.